The summed E-state index contributed by atoms with van der Waals surface area (Å²) in [7, 11) is 1.94. The van der Waals surface area contributed by atoms with Gasteiger partial charge in [0.15, 0.2) is 0 Å². The van der Waals surface area contributed by atoms with E-state index in [1.54, 1.807) is 0 Å². The van der Waals surface area contributed by atoms with E-state index in [1.165, 1.54) is 5.56 Å². The first-order valence-corrected chi connectivity index (χ1v) is 5.29. The van der Waals surface area contributed by atoms with Gasteiger partial charge in [-0.25, -0.2) is 0 Å². The number of nitrogens with zero attached hydrogens (tertiary/aromatic N) is 1. The summed E-state index contributed by atoms with van der Waals surface area (Å²) >= 11 is 5.92. The summed E-state index contributed by atoms with van der Waals surface area (Å²) in [4.78, 5) is 4.53. The van der Waals surface area contributed by atoms with Gasteiger partial charge < -0.3 is 5.32 Å². The molecule has 78 valence electrons. The van der Waals surface area contributed by atoms with Crippen LogP contribution in [0.3, 0.4) is 0 Å². The number of hydrogen-bond donors (Lipinski definition) is 1. The monoisotopic (exact) mass is 220 g/mol. The van der Waals surface area contributed by atoms with Crippen LogP contribution in [0.15, 0.2) is 24.3 Å². The first kappa shape index (κ1) is 10.4. The van der Waals surface area contributed by atoms with Crippen LogP contribution < -0.4 is 5.32 Å². The average molecular weight is 221 g/mol. The van der Waals surface area contributed by atoms with Crippen LogP contribution in [0, 0.1) is 6.92 Å². The molecule has 0 aliphatic heterocycles. The fourth-order valence-electron chi connectivity index (χ4n) is 1.65. The Balaban J connectivity index is 2.60. The van der Waals surface area contributed by atoms with E-state index in [9.17, 15) is 0 Å². The summed E-state index contributed by atoms with van der Waals surface area (Å²) in [5, 5.41) is 5.00. The molecule has 1 aromatic carbocycles. The number of halogens is 1. The zero-order chi connectivity index (χ0) is 10.8. The van der Waals surface area contributed by atoms with E-state index in [0.717, 1.165) is 28.2 Å². The largest absolute Gasteiger partial charge is 0.316 e. The minimum atomic E-state index is 0.732. The predicted molar refractivity (Wildman–Crippen MR) is 64.3 cm³/mol. The van der Waals surface area contributed by atoms with Gasteiger partial charge in [-0.05, 0) is 37.7 Å². The van der Waals surface area contributed by atoms with Crippen molar-refractivity contribution in [2.24, 2.45) is 0 Å². The smallest absolute Gasteiger partial charge is 0.0720 e. The summed E-state index contributed by atoms with van der Waals surface area (Å²) in [5.74, 6) is 0. The SMILES string of the molecule is CNCc1cc2ccc(Cl)cc2nc1C. The first-order valence-electron chi connectivity index (χ1n) is 4.91. The summed E-state index contributed by atoms with van der Waals surface area (Å²) in [5.41, 5.74) is 3.24. The van der Waals surface area contributed by atoms with Crippen molar-refractivity contribution >= 4 is 22.5 Å². The van der Waals surface area contributed by atoms with Crippen LogP contribution in [0.5, 0.6) is 0 Å². The van der Waals surface area contributed by atoms with Gasteiger partial charge in [-0.3, -0.25) is 4.98 Å². The van der Waals surface area contributed by atoms with Crippen molar-refractivity contribution in [3.63, 3.8) is 0 Å². The molecule has 0 unspecified atom stereocenters. The summed E-state index contributed by atoms with van der Waals surface area (Å²) in [6, 6.07) is 7.95. The van der Waals surface area contributed by atoms with Crippen LogP contribution in [-0.4, -0.2) is 12.0 Å². The fraction of sp³-hybridized carbons (Fsp3) is 0.250. The molecule has 0 saturated carbocycles. The molecule has 0 fully saturated rings. The lowest BCUT2D eigenvalue weighted by atomic mass is 10.1. The van der Waals surface area contributed by atoms with Gasteiger partial charge in [-0.1, -0.05) is 17.7 Å². The molecule has 1 heterocycles. The standard InChI is InChI=1S/C12H13ClN2/c1-8-10(7-14-2)5-9-3-4-11(13)6-12(9)15-8/h3-6,14H,7H2,1-2H3. The fourth-order valence-corrected chi connectivity index (χ4v) is 1.82. The number of hydrogen-bond acceptors (Lipinski definition) is 2. The van der Waals surface area contributed by atoms with Gasteiger partial charge in [0.25, 0.3) is 0 Å². The molecule has 0 aliphatic carbocycles. The van der Waals surface area contributed by atoms with Gasteiger partial charge in [-0.2, -0.15) is 0 Å². The number of aryl methyl sites for hydroxylation is 1. The number of pyridine rings is 1. The van der Waals surface area contributed by atoms with E-state index in [2.05, 4.69) is 16.4 Å². The van der Waals surface area contributed by atoms with Gasteiger partial charge in [-0.15, -0.1) is 0 Å². The third-order valence-corrected chi connectivity index (χ3v) is 2.68. The zero-order valence-corrected chi connectivity index (χ0v) is 9.60. The summed E-state index contributed by atoms with van der Waals surface area (Å²) in [6.45, 7) is 2.87. The molecule has 0 bridgehead atoms. The molecular weight excluding hydrogens is 208 g/mol. The average Bonchev–Trinajstić information content (AvgIpc) is 2.20. The molecule has 0 atom stereocenters. The van der Waals surface area contributed by atoms with Crippen molar-refractivity contribution in [3.05, 3.63) is 40.5 Å². The van der Waals surface area contributed by atoms with Crippen LogP contribution in [0.1, 0.15) is 11.3 Å². The van der Waals surface area contributed by atoms with E-state index in [0.29, 0.717) is 0 Å². The minimum absolute atomic E-state index is 0.732. The Hall–Kier alpha value is -1.12. The lowest BCUT2D eigenvalue weighted by Crippen LogP contribution is -2.07. The molecule has 1 aromatic heterocycles. The molecule has 3 heteroatoms. The minimum Gasteiger partial charge on any atom is -0.316 e. The van der Waals surface area contributed by atoms with Crippen LogP contribution in [0.4, 0.5) is 0 Å². The first-order chi connectivity index (χ1) is 7.20. The molecule has 2 aromatic rings. The molecule has 1 N–H and O–H groups in total. The van der Waals surface area contributed by atoms with E-state index in [1.807, 2.05) is 32.2 Å². The van der Waals surface area contributed by atoms with Crippen molar-refractivity contribution in [2.75, 3.05) is 7.05 Å². The van der Waals surface area contributed by atoms with Crippen molar-refractivity contribution < 1.29 is 0 Å². The zero-order valence-electron chi connectivity index (χ0n) is 8.84. The molecule has 0 spiro atoms. The van der Waals surface area contributed by atoms with Gasteiger partial charge in [0.2, 0.25) is 0 Å². The van der Waals surface area contributed by atoms with E-state index < -0.39 is 0 Å². The van der Waals surface area contributed by atoms with E-state index in [4.69, 9.17) is 11.6 Å². The molecule has 0 saturated heterocycles. The maximum Gasteiger partial charge on any atom is 0.0720 e. The van der Waals surface area contributed by atoms with Gasteiger partial charge >= 0.3 is 0 Å². The highest BCUT2D eigenvalue weighted by molar-refractivity contribution is 6.31. The molecule has 2 nitrogen and oxygen atoms in total. The van der Waals surface area contributed by atoms with E-state index in [-0.39, 0.29) is 0 Å². The molecule has 15 heavy (non-hydrogen) atoms. The molecule has 0 radical (unpaired) electrons. The number of nitrogens with one attached hydrogen (secondary N) is 1. The van der Waals surface area contributed by atoms with Gasteiger partial charge in [0, 0.05) is 22.6 Å². The predicted octanol–water partition coefficient (Wildman–Crippen LogP) is 2.92. The van der Waals surface area contributed by atoms with Crippen molar-refractivity contribution in [2.45, 2.75) is 13.5 Å². The Kier molecular flexibility index (Phi) is 2.89. The summed E-state index contributed by atoms with van der Waals surface area (Å²) in [6.07, 6.45) is 0. The van der Waals surface area contributed by atoms with Crippen molar-refractivity contribution in [3.8, 4) is 0 Å². The quantitative estimate of drug-likeness (QED) is 0.842. The molecule has 2 rings (SSSR count). The van der Waals surface area contributed by atoms with Crippen LogP contribution in [0.25, 0.3) is 10.9 Å². The number of rotatable bonds is 2. The van der Waals surface area contributed by atoms with Crippen LogP contribution in [-0.2, 0) is 6.54 Å². The highest BCUT2D eigenvalue weighted by atomic mass is 35.5. The second-order valence-electron chi connectivity index (χ2n) is 3.60. The Morgan fingerprint density at radius 1 is 1.33 bits per heavy atom. The third kappa shape index (κ3) is 2.11. The Morgan fingerprint density at radius 2 is 2.13 bits per heavy atom. The Morgan fingerprint density at radius 3 is 2.87 bits per heavy atom. The topological polar surface area (TPSA) is 24.9 Å². The van der Waals surface area contributed by atoms with Crippen molar-refractivity contribution in [1.82, 2.24) is 10.3 Å². The molecular formula is C12H13ClN2. The lowest BCUT2D eigenvalue weighted by molar-refractivity contribution is 0.807. The maximum absolute atomic E-state index is 5.92. The van der Waals surface area contributed by atoms with Gasteiger partial charge in [0.1, 0.15) is 0 Å². The lowest BCUT2D eigenvalue weighted by Gasteiger charge is -2.06. The number of fused-ring (bicyclic) bond motifs is 1. The summed E-state index contributed by atoms with van der Waals surface area (Å²) < 4.78 is 0. The molecule has 0 aliphatic rings. The number of benzene rings is 1. The molecule has 0 amide bonds. The second-order valence-corrected chi connectivity index (χ2v) is 4.04. The highest BCUT2D eigenvalue weighted by Gasteiger charge is 2.02. The second kappa shape index (κ2) is 4.17. The van der Waals surface area contributed by atoms with E-state index >= 15 is 0 Å². The Labute approximate surface area is 94.3 Å². The normalized spacial score (nSPS) is 10.9. The number of aromatic nitrogens is 1. The maximum atomic E-state index is 5.92. The van der Waals surface area contributed by atoms with Crippen LogP contribution in [0.2, 0.25) is 5.02 Å². The highest BCUT2D eigenvalue weighted by Crippen LogP contribution is 2.20. The van der Waals surface area contributed by atoms with Crippen molar-refractivity contribution in [1.29, 1.82) is 0 Å². The third-order valence-electron chi connectivity index (χ3n) is 2.44. The Bertz CT molecular complexity index is 494. The van der Waals surface area contributed by atoms with Crippen LogP contribution >= 0.6 is 11.6 Å². The van der Waals surface area contributed by atoms with Gasteiger partial charge in [0.05, 0.1) is 5.52 Å².